The monoisotopic (exact) mass is 452 g/mol. The summed E-state index contributed by atoms with van der Waals surface area (Å²) < 4.78 is 6.25. The molecule has 1 aliphatic rings. The number of hydrogen-bond donors (Lipinski definition) is 4. The van der Waals surface area contributed by atoms with Gasteiger partial charge in [0.2, 0.25) is 5.76 Å². The number of nitriles is 1. The van der Waals surface area contributed by atoms with Crippen molar-refractivity contribution in [3.8, 4) is 6.07 Å². The third-order valence-corrected chi connectivity index (χ3v) is 6.11. The van der Waals surface area contributed by atoms with E-state index in [0.29, 0.717) is 23.4 Å². The molecule has 1 aliphatic carbocycles. The Kier molecular flexibility index (Phi) is 5.41. The van der Waals surface area contributed by atoms with E-state index in [1.165, 1.54) is 6.21 Å². The molecule has 0 atom stereocenters. The van der Waals surface area contributed by atoms with E-state index >= 15 is 0 Å². The summed E-state index contributed by atoms with van der Waals surface area (Å²) in [6.45, 7) is 0. The largest absolute Gasteiger partial charge is 0.444 e. The van der Waals surface area contributed by atoms with E-state index in [-0.39, 0.29) is 5.76 Å². The van der Waals surface area contributed by atoms with Gasteiger partial charge in [-0.25, -0.2) is 4.98 Å². The third-order valence-electron chi connectivity index (χ3n) is 5.31. The second-order valence-corrected chi connectivity index (χ2v) is 8.04. The minimum atomic E-state index is 0.278. The van der Waals surface area contributed by atoms with Crippen LogP contribution in [0.2, 0.25) is 0 Å². The highest BCUT2D eigenvalue weighted by molar-refractivity contribution is 9.10. The molecule has 0 spiro atoms. The Balaban J connectivity index is 1.37. The van der Waals surface area contributed by atoms with E-state index in [4.69, 9.17) is 20.8 Å². The maximum Gasteiger partial charge on any atom is 0.204 e. The molecule has 29 heavy (non-hydrogen) atoms. The van der Waals surface area contributed by atoms with Gasteiger partial charge in [-0.15, -0.1) is 0 Å². The highest BCUT2D eigenvalue weighted by Crippen LogP contribution is 2.33. The highest BCUT2D eigenvalue weighted by atomic mass is 79.9. The lowest BCUT2D eigenvalue weighted by Gasteiger charge is -2.31. The predicted octanol–water partition coefficient (Wildman–Crippen LogP) is 4.88. The summed E-state index contributed by atoms with van der Waals surface area (Å²) in [4.78, 5) is 4.45. The molecule has 148 valence electrons. The van der Waals surface area contributed by atoms with Crippen LogP contribution in [0.5, 0.6) is 0 Å². The smallest absolute Gasteiger partial charge is 0.204 e. The van der Waals surface area contributed by atoms with Crippen molar-refractivity contribution < 1.29 is 4.42 Å². The maximum atomic E-state index is 9.01. The number of furan rings is 1. The van der Waals surface area contributed by atoms with Crippen molar-refractivity contribution >= 4 is 50.3 Å². The number of anilines is 3. The molecule has 1 aromatic carbocycles. The van der Waals surface area contributed by atoms with Gasteiger partial charge >= 0.3 is 0 Å². The van der Waals surface area contributed by atoms with Crippen molar-refractivity contribution in [2.75, 3.05) is 16.4 Å². The van der Waals surface area contributed by atoms with Gasteiger partial charge in [-0.2, -0.15) is 5.26 Å². The average molecular weight is 453 g/mol. The Labute approximate surface area is 176 Å². The number of pyridine rings is 1. The second-order valence-electron chi connectivity index (χ2n) is 7.25. The van der Waals surface area contributed by atoms with E-state index in [2.05, 4.69) is 31.5 Å². The molecule has 1 fully saturated rings. The first kappa shape index (κ1) is 19.3. The number of aromatic nitrogens is 1. The SMILES string of the molecule is N#Cc1cc2c(Br)c(NC3CCC(Nc4ccc(C=N)c(N)c4)CC3)ncc2o1. The summed E-state index contributed by atoms with van der Waals surface area (Å²) in [6.07, 6.45) is 7.03. The molecule has 0 bridgehead atoms. The van der Waals surface area contributed by atoms with Crippen LogP contribution in [0.3, 0.4) is 0 Å². The van der Waals surface area contributed by atoms with E-state index in [1.54, 1.807) is 12.3 Å². The van der Waals surface area contributed by atoms with E-state index in [0.717, 1.165) is 52.6 Å². The fourth-order valence-electron chi connectivity index (χ4n) is 3.74. The fourth-order valence-corrected chi connectivity index (χ4v) is 4.27. The predicted molar refractivity (Wildman–Crippen MR) is 118 cm³/mol. The maximum absolute atomic E-state index is 9.01. The molecule has 8 heteroatoms. The van der Waals surface area contributed by atoms with Gasteiger partial charge in [0.25, 0.3) is 0 Å². The zero-order valence-corrected chi connectivity index (χ0v) is 17.3. The van der Waals surface area contributed by atoms with Crippen molar-refractivity contribution in [1.29, 1.82) is 10.7 Å². The first-order valence-electron chi connectivity index (χ1n) is 9.48. The molecule has 0 unspecified atom stereocenters. The molecule has 0 aliphatic heterocycles. The van der Waals surface area contributed by atoms with Crippen LogP contribution in [0.4, 0.5) is 17.2 Å². The Morgan fingerprint density at radius 3 is 2.59 bits per heavy atom. The van der Waals surface area contributed by atoms with Gasteiger partial charge in [0.05, 0.1) is 10.7 Å². The molecule has 1 saturated carbocycles. The summed E-state index contributed by atoms with van der Waals surface area (Å²) in [7, 11) is 0. The van der Waals surface area contributed by atoms with Gasteiger partial charge in [0.1, 0.15) is 11.9 Å². The van der Waals surface area contributed by atoms with Crippen molar-refractivity contribution in [3.05, 3.63) is 46.3 Å². The van der Waals surface area contributed by atoms with Crippen LogP contribution in [0.15, 0.2) is 39.4 Å². The molecule has 5 N–H and O–H groups in total. The number of benzene rings is 1. The zero-order chi connectivity index (χ0) is 20.4. The van der Waals surface area contributed by atoms with Crippen molar-refractivity contribution in [1.82, 2.24) is 4.98 Å². The number of rotatable bonds is 5. The normalized spacial score (nSPS) is 18.9. The lowest BCUT2D eigenvalue weighted by molar-refractivity contribution is 0.428. The lowest BCUT2D eigenvalue weighted by Crippen LogP contribution is -2.32. The summed E-state index contributed by atoms with van der Waals surface area (Å²) in [5.74, 6) is 1.05. The minimum absolute atomic E-state index is 0.278. The topological polar surface area (TPSA) is 124 Å². The number of nitrogen functional groups attached to an aromatic ring is 1. The second kappa shape index (κ2) is 8.13. The van der Waals surface area contributed by atoms with E-state index < -0.39 is 0 Å². The molecule has 4 rings (SSSR count). The van der Waals surface area contributed by atoms with Crippen LogP contribution in [0, 0.1) is 16.7 Å². The van der Waals surface area contributed by atoms with Gasteiger partial charge in [-0.1, -0.05) is 0 Å². The van der Waals surface area contributed by atoms with Gasteiger partial charge in [-0.05, 0) is 59.8 Å². The van der Waals surface area contributed by atoms with Gasteiger partial charge in [-0.3, -0.25) is 0 Å². The van der Waals surface area contributed by atoms with Crippen LogP contribution in [0.25, 0.3) is 11.0 Å². The third kappa shape index (κ3) is 4.05. The van der Waals surface area contributed by atoms with Gasteiger partial charge in [0.15, 0.2) is 5.58 Å². The molecule has 7 nitrogen and oxygen atoms in total. The summed E-state index contributed by atoms with van der Waals surface area (Å²) in [6, 6.07) is 10.2. The van der Waals surface area contributed by atoms with Crippen LogP contribution in [-0.2, 0) is 0 Å². The molecular formula is C21H21BrN6O. The van der Waals surface area contributed by atoms with Crippen molar-refractivity contribution in [3.63, 3.8) is 0 Å². The van der Waals surface area contributed by atoms with Crippen LogP contribution in [-0.4, -0.2) is 23.3 Å². The van der Waals surface area contributed by atoms with E-state index in [9.17, 15) is 0 Å². The standard InChI is InChI=1S/C21H21BrN6O/c22-20-17-8-16(10-24)29-19(17)11-26-21(20)28-14-5-3-13(4-6-14)27-15-2-1-12(9-23)18(25)7-15/h1-2,7-9,11,13-14,23,27H,3-6,25H2,(H,26,28). The van der Waals surface area contributed by atoms with Crippen LogP contribution in [0.1, 0.15) is 37.0 Å². The average Bonchev–Trinajstić information content (AvgIpc) is 3.16. The Bertz CT molecular complexity index is 1090. The first-order chi connectivity index (χ1) is 14.1. The van der Waals surface area contributed by atoms with Crippen molar-refractivity contribution in [2.45, 2.75) is 37.8 Å². The number of fused-ring (bicyclic) bond motifs is 1. The molecule has 2 aromatic heterocycles. The molecule has 2 heterocycles. The first-order valence-corrected chi connectivity index (χ1v) is 10.3. The van der Waals surface area contributed by atoms with Crippen LogP contribution < -0.4 is 16.4 Å². The number of hydrogen-bond acceptors (Lipinski definition) is 7. The number of nitrogens with one attached hydrogen (secondary N) is 3. The summed E-state index contributed by atoms with van der Waals surface area (Å²) in [5, 5.41) is 24.3. The zero-order valence-electron chi connectivity index (χ0n) is 15.7. The minimum Gasteiger partial charge on any atom is -0.444 e. The van der Waals surface area contributed by atoms with Crippen molar-refractivity contribution in [2.24, 2.45) is 0 Å². The summed E-state index contributed by atoms with van der Waals surface area (Å²) in [5.41, 5.74) is 8.91. The molecule has 3 aromatic rings. The number of halogens is 1. The summed E-state index contributed by atoms with van der Waals surface area (Å²) >= 11 is 3.59. The van der Waals surface area contributed by atoms with Gasteiger partial charge in [0, 0.05) is 46.7 Å². The Morgan fingerprint density at radius 1 is 1.21 bits per heavy atom. The number of nitrogens with zero attached hydrogens (tertiary/aromatic N) is 2. The van der Waals surface area contributed by atoms with Gasteiger partial charge < -0.3 is 26.2 Å². The number of nitrogens with two attached hydrogens (primary N) is 1. The lowest BCUT2D eigenvalue weighted by atomic mass is 9.91. The van der Waals surface area contributed by atoms with Crippen LogP contribution >= 0.6 is 15.9 Å². The molecule has 0 radical (unpaired) electrons. The highest BCUT2D eigenvalue weighted by Gasteiger charge is 2.23. The Hall–Kier alpha value is -3.05. The quantitative estimate of drug-likeness (QED) is 0.323. The Morgan fingerprint density at radius 2 is 1.93 bits per heavy atom. The molecule has 0 amide bonds. The van der Waals surface area contributed by atoms with E-state index in [1.807, 2.05) is 24.3 Å². The molecular weight excluding hydrogens is 432 g/mol. The molecule has 0 saturated heterocycles. The fraction of sp³-hybridized carbons (Fsp3) is 0.286.